The quantitative estimate of drug-likeness (QED) is 0.667. The van der Waals surface area contributed by atoms with E-state index in [0.29, 0.717) is 0 Å². The van der Waals surface area contributed by atoms with E-state index in [1.807, 2.05) is 13.0 Å². The summed E-state index contributed by atoms with van der Waals surface area (Å²) in [5.41, 5.74) is 0.275. The highest BCUT2D eigenvalue weighted by molar-refractivity contribution is 6.70. The summed E-state index contributed by atoms with van der Waals surface area (Å²) < 4.78 is 0. The van der Waals surface area contributed by atoms with E-state index in [9.17, 15) is 9.59 Å². The molecule has 13 heavy (non-hydrogen) atoms. The summed E-state index contributed by atoms with van der Waals surface area (Å²) in [4.78, 5) is 21.9. The molecule has 2 nitrogen and oxygen atoms in total. The third kappa shape index (κ3) is 2.20. The Balaban J connectivity index is 3.02. The van der Waals surface area contributed by atoms with E-state index in [4.69, 9.17) is 23.2 Å². The zero-order valence-electron chi connectivity index (χ0n) is 6.96. The van der Waals surface area contributed by atoms with Gasteiger partial charge in [-0.2, -0.15) is 0 Å². The SMILES string of the molecule is CC1C=CC=C(C(=O)Cl)C1C(=O)Cl. The molecule has 1 aliphatic carbocycles. The molecule has 0 aliphatic heterocycles. The van der Waals surface area contributed by atoms with Gasteiger partial charge in [-0.25, -0.2) is 0 Å². The van der Waals surface area contributed by atoms with Crippen LogP contribution in [0, 0.1) is 11.8 Å². The highest BCUT2D eigenvalue weighted by Crippen LogP contribution is 2.29. The van der Waals surface area contributed by atoms with Crippen LogP contribution < -0.4 is 0 Å². The van der Waals surface area contributed by atoms with Gasteiger partial charge in [0.1, 0.15) is 0 Å². The second-order valence-electron chi connectivity index (χ2n) is 2.92. The second kappa shape index (κ2) is 4.07. The molecule has 4 heteroatoms. The maximum atomic E-state index is 11.0. The molecule has 0 aromatic heterocycles. The van der Waals surface area contributed by atoms with Crippen LogP contribution in [-0.2, 0) is 9.59 Å². The second-order valence-corrected chi connectivity index (χ2v) is 3.64. The lowest BCUT2D eigenvalue weighted by Gasteiger charge is -2.20. The molecule has 0 aromatic rings. The molecule has 0 saturated heterocycles. The molecule has 2 unspecified atom stereocenters. The molecule has 0 aromatic carbocycles. The standard InChI is InChI=1S/C9H8Cl2O2/c1-5-3-2-4-6(8(10)12)7(5)9(11)13/h2-5,7H,1H3. The van der Waals surface area contributed by atoms with E-state index in [0.717, 1.165) is 0 Å². The van der Waals surface area contributed by atoms with Crippen LogP contribution in [0.2, 0.25) is 0 Å². The van der Waals surface area contributed by atoms with Crippen molar-refractivity contribution in [2.45, 2.75) is 6.92 Å². The van der Waals surface area contributed by atoms with Crippen molar-refractivity contribution in [1.29, 1.82) is 0 Å². The molecule has 0 N–H and O–H groups in total. The summed E-state index contributed by atoms with van der Waals surface area (Å²) in [6, 6.07) is 0. The first-order valence-corrected chi connectivity index (χ1v) is 4.57. The Morgan fingerprint density at radius 3 is 2.38 bits per heavy atom. The van der Waals surface area contributed by atoms with E-state index >= 15 is 0 Å². The zero-order valence-corrected chi connectivity index (χ0v) is 8.47. The number of carbonyl (C=O) groups is 2. The predicted molar refractivity (Wildman–Crippen MR) is 51.6 cm³/mol. The van der Waals surface area contributed by atoms with Gasteiger partial charge in [0.05, 0.1) is 5.92 Å². The van der Waals surface area contributed by atoms with Gasteiger partial charge in [-0.1, -0.05) is 25.2 Å². The lowest BCUT2D eigenvalue weighted by Crippen LogP contribution is -2.23. The maximum absolute atomic E-state index is 11.0. The monoisotopic (exact) mass is 218 g/mol. The van der Waals surface area contributed by atoms with Gasteiger partial charge < -0.3 is 0 Å². The van der Waals surface area contributed by atoms with Crippen LogP contribution in [0.5, 0.6) is 0 Å². The lowest BCUT2D eigenvalue weighted by atomic mass is 9.85. The minimum absolute atomic E-state index is 0.0762. The first kappa shape index (κ1) is 10.5. The van der Waals surface area contributed by atoms with Crippen molar-refractivity contribution in [3.63, 3.8) is 0 Å². The summed E-state index contributed by atoms with van der Waals surface area (Å²) in [5.74, 6) is -0.677. The Morgan fingerprint density at radius 1 is 1.38 bits per heavy atom. The van der Waals surface area contributed by atoms with Gasteiger partial charge in [0.2, 0.25) is 10.5 Å². The highest BCUT2D eigenvalue weighted by atomic mass is 35.5. The molecule has 0 saturated carbocycles. The van der Waals surface area contributed by atoms with Crippen molar-refractivity contribution < 1.29 is 9.59 Å². The summed E-state index contributed by atoms with van der Waals surface area (Å²) in [5, 5.41) is -1.16. The number of halogens is 2. The number of hydrogen-bond acceptors (Lipinski definition) is 2. The van der Waals surface area contributed by atoms with E-state index in [2.05, 4.69) is 0 Å². The Bertz CT molecular complexity index is 305. The van der Waals surface area contributed by atoms with Crippen LogP contribution in [0.15, 0.2) is 23.8 Å². The molecule has 2 atom stereocenters. The molecule has 0 spiro atoms. The van der Waals surface area contributed by atoms with Crippen LogP contribution in [-0.4, -0.2) is 10.5 Å². The van der Waals surface area contributed by atoms with Gasteiger partial charge in [0, 0.05) is 5.57 Å². The van der Waals surface area contributed by atoms with Gasteiger partial charge in [-0.3, -0.25) is 9.59 Å². The van der Waals surface area contributed by atoms with Crippen LogP contribution in [0.3, 0.4) is 0 Å². The predicted octanol–water partition coefficient (Wildman–Crippen LogP) is 2.27. The fraction of sp³-hybridized carbons (Fsp3) is 0.333. The smallest absolute Gasteiger partial charge is 0.249 e. The zero-order chi connectivity index (χ0) is 10.0. The molecule has 1 aliphatic rings. The fourth-order valence-electron chi connectivity index (χ4n) is 1.35. The van der Waals surface area contributed by atoms with Crippen LogP contribution in [0.25, 0.3) is 0 Å². The van der Waals surface area contributed by atoms with Crippen LogP contribution in [0.4, 0.5) is 0 Å². The van der Waals surface area contributed by atoms with Gasteiger partial charge >= 0.3 is 0 Å². The molecular weight excluding hydrogens is 211 g/mol. The molecular formula is C9H8Cl2O2. The summed E-state index contributed by atoms with van der Waals surface area (Å²) in [6.45, 7) is 1.81. The van der Waals surface area contributed by atoms with Crippen molar-refractivity contribution in [1.82, 2.24) is 0 Å². The number of rotatable bonds is 2. The summed E-state index contributed by atoms with van der Waals surface area (Å²) in [7, 11) is 0. The van der Waals surface area contributed by atoms with E-state index < -0.39 is 16.4 Å². The largest absolute Gasteiger partial charge is 0.281 e. The van der Waals surface area contributed by atoms with Crippen molar-refractivity contribution >= 4 is 33.7 Å². The van der Waals surface area contributed by atoms with Crippen molar-refractivity contribution in [3.8, 4) is 0 Å². The van der Waals surface area contributed by atoms with Gasteiger partial charge in [-0.15, -0.1) is 0 Å². The molecule has 0 bridgehead atoms. The highest BCUT2D eigenvalue weighted by Gasteiger charge is 2.30. The topological polar surface area (TPSA) is 34.1 Å². The summed E-state index contributed by atoms with van der Waals surface area (Å²) >= 11 is 10.7. The van der Waals surface area contributed by atoms with E-state index in [-0.39, 0.29) is 11.5 Å². The van der Waals surface area contributed by atoms with E-state index in [1.54, 1.807) is 6.08 Å². The maximum Gasteiger partial charge on any atom is 0.249 e. The average Bonchev–Trinajstić information content (AvgIpc) is 2.02. The Morgan fingerprint density at radius 2 is 2.00 bits per heavy atom. The van der Waals surface area contributed by atoms with E-state index in [1.165, 1.54) is 6.08 Å². The molecule has 70 valence electrons. The minimum atomic E-state index is -0.616. The number of carbonyl (C=O) groups excluding carboxylic acids is 2. The van der Waals surface area contributed by atoms with Gasteiger partial charge in [0.15, 0.2) is 0 Å². The third-order valence-electron chi connectivity index (χ3n) is 2.02. The molecule has 0 amide bonds. The molecule has 1 rings (SSSR count). The average molecular weight is 219 g/mol. The Hall–Kier alpha value is -0.600. The van der Waals surface area contributed by atoms with Crippen LogP contribution >= 0.6 is 23.2 Å². The molecule has 0 fully saturated rings. The Labute approximate surface area is 86.2 Å². The molecule has 0 radical (unpaired) electrons. The number of allylic oxidation sites excluding steroid dienone is 4. The van der Waals surface area contributed by atoms with Gasteiger partial charge in [-0.05, 0) is 29.1 Å². The van der Waals surface area contributed by atoms with Gasteiger partial charge in [0.25, 0.3) is 0 Å². The minimum Gasteiger partial charge on any atom is -0.281 e. The Kier molecular flexibility index (Phi) is 3.28. The van der Waals surface area contributed by atoms with Crippen LogP contribution in [0.1, 0.15) is 6.92 Å². The molecule has 0 heterocycles. The van der Waals surface area contributed by atoms with Crippen molar-refractivity contribution in [3.05, 3.63) is 23.8 Å². The van der Waals surface area contributed by atoms with Crippen molar-refractivity contribution in [2.24, 2.45) is 11.8 Å². The third-order valence-corrected chi connectivity index (χ3v) is 2.48. The van der Waals surface area contributed by atoms with Crippen molar-refractivity contribution in [2.75, 3.05) is 0 Å². The first-order valence-electron chi connectivity index (χ1n) is 3.81. The number of hydrogen-bond donors (Lipinski definition) is 0. The first-order chi connectivity index (χ1) is 6.04. The lowest BCUT2D eigenvalue weighted by molar-refractivity contribution is -0.117. The summed E-state index contributed by atoms with van der Waals surface area (Å²) in [6.07, 6.45) is 5.05. The normalized spacial score (nSPS) is 26.8. The fourth-order valence-corrected chi connectivity index (χ4v) is 1.85.